The van der Waals surface area contributed by atoms with E-state index >= 15 is 0 Å². The molecular formula is C12H8FNO6. The van der Waals surface area contributed by atoms with Gasteiger partial charge in [-0.3, -0.25) is 0 Å². The number of rotatable bonds is 2. The number of ether oxygens (including phenoxy) is 2. The van der Waals surface area contributed by atoms with Crippen LogP contribution in [-0.4, -0.2) is 34.6 Å². The molecule has 0 atom stereocenters. The lowest BCUT2D eigenvalue weighted by Crippen LogP contribution is -2.16. The number of phenols is 1. The maximum absolute atomic E-state index is 13.7. The van der Waals surface area contributed by atoms with Crippen LogP contribution < -0.4 is 9.47 Å². The number of nitrogens with zero attached hydrogens (tertiary/aromatic N) is 1. The Labute approximate surface area is 111 Å². The Morgan fingerprint density at radius 3 is 2.75 bits per heavy atom. The van der Waals surface area contributed by atoms with Crippen molar-refractivity contribution in [3.05, 3.63) is 23.6 Å². The maximum Gasteiger partial charge on any atom is 0.358 e. The number of halogens is 1. The summed E-state index contributed by atoms with van der Waals surface area (Å²) in [6, 6.07) is 2.05. The van der Waals surface area contributed by atoms with E-state index in [-0.39, 0.29) is 41.7 Å². The standard InChI is InChI=1S/C12H8FNO6/c13-5-3-8-11(19-2-1-18-8)9(10(5)15)7-4-6(12(16)17)14-20-7/h3-4,15H,1-2H2,(H,16,17). The SMILES string of the molecule is O=C(O)c1cc(-c2c(O)c(F)cc3c2OCCO3)on1. The van der Waals surface area contributed by atoms with Gasteiger partial charge in [0.25, 0.3) is 0 Å². The van der Waals surface area contributed by atoms with E-state index in [4.69, 9.17) is 19.1 Å². The van der Waals surface area contributed by atoms with Crippen molar-refractivity contribution >= 4 is 5.97 Å². The van der Waals surface area contributed by atoms with Crippen LogP contribution in [0.4, 0.5) is 4.39 Å². The molecule has 1 aromatic heterocycles. The van der Waals surface area contributed by atoms with Gasteiger partial charge in [-0.1, -0.05) is 5.16 Å². The summed E-state index contributed by atoms with van der Waals surface area (Å²) in [7, 11) is 0. The van der Waals surface area contributed by atoms with Gasteiger partial charge >= 0.3 is 5.97 Å². The van der Waals surface area contributed by atoms with Crippen molar-refractivity contribution < 1.29 is 33.4 Å². The maximum atomic E-state index is 13.7. The predicted octanol–water partition coefficient (Wildman–Crippen LogP) is 1.66. The summed E-state index contributed by atoms with van der Waals surface area (Å²) in [5.41, 5.74) is -0.492. The summed E-state index contributed by atoms with van der Waals surface area (Å²) >= 11 is 0. The minimum Gasteiger partial charge on any atom is -0.504 e. The number of hydrogen-bond acceptors (Lipinski definition) is 6. The third kappa shape index (κ3) is 1.81. The van der Waals surface area contributed by atoms with Crippen LogP contribution in [0.5, 0.6) is 17.2 Å². The van der Waals surface area contributed by atoms with Crippen molar-refractivity contribution in [1.29, 1.82) is 0 Å². The lowest BCUT2D eigenvalue weighted by Gasteiger charge is -2.21. The second kappa shape index (κ2) is 4.41. The van der Waals surface area contributed by atoms with Crippen molar-refractivity contribution in [2.75, 3.05) is 13.2 Å². The van der Waals surface area contributed by atoms with Crippen LogP contribution >= 0.6 is 0 Å². The number of carboxylic acids is 1. The minimum atomic E-state index is -1.30. The van der Waals surface area contributed by atoms with E-state index in [1.807, 2.05) is 0 Å². The molecule has 0 amide bonds. The highest BCUT2D eigenvalue weighted by Crippen LogP contribution is 2.47. The van der Waals surface area contributed by atoms with Crippen LogP contribution in [0, 0.1) is 5.82 Å². The van der Waals surface area contributed by atoms with Crippen molar-refractivity contribution in [2.45, 2.75) is 0 Å². The van der Waals surface area contributed by atoms with Gasteiger partial charge in [-0.25, -0.2) is 9.18 Å². The highest BCUT2D eigenvalue weighted by Gasteiger charge is 2.27. The van der Waals surface area contributed by atoms with Crippen molar-refractivity contribution in [1.82, 2.24) is 5.16 Å². The highest BCUT2D eigenvalue weighted by atomic mass is 19.1. The van der Waals surface area contributed by atoms with E-state index in [1.165, 1.54) is 0 Å². The first-order valence-corrected chi connectivity index (χ1v) is 5.59. The molecular weight excluding hydrogens is 273 g/mol. The topological polar surface area (TPSA) is 102 Å². The number of benzene rings is 1. The fourth-order valence-corrected chi connectivity index (χ4v) is 1.87. The molecule has 0 radical (unpaired) electrons. The number of aromatic carboxylic acids is 1. The van der Waals surface area contributed by atoms with Crippen LogP contribution in [0.15, 0.2) is 16.7 Å². The zero-order valence-corrected chi connectivity index (χ0v) is 9.92. The lowest BCUT2D eigenvalue weighted by atomic mass is 10.1. The van der Waals surface area contributed by atoms with Crippen LogP contribution in [0.25, 0.3) is 11.3 Å². The Morgan fingerprint density at radius 2 is 2.05 bits per heavy atom. The van der Waals surface area contributed by atoms with Gasteiger partial charge in [-0.05, 0) is 0 Å². The molecule has 2 aromatic rings. The molecule has 20 heavy (non-hydrogen) atoms. The fourth-order valence-electron chi connectivity index (χ4n) is 1.87. The molecule has 104 valence electrons. The number of aromatic nitrogens is 1. The molecule has 0 saturated carbocycles. The minimum absolute atomic E-state index is 0.0863. The normalized spacial score (nSPS) is 13.2. The number of hydrogen-bond donors (Lipinski definition) is 2. The molecule has 2 heterocycles. The second-order valence-corrected chi connectivity index (χ2v) is 3.99. The van der Waals surface area contributed by atoms with Crippen LogP contribution in [0.1, 0.15) is 10.5 Å². The molecule has 3 rings (SSSR count). The Balaban J connectivity index is 2.20. The van der Waals surface area contributed by atoms with Gasteiger partial charge in [0.2, 0.25) is 0 Å². The van der Waals surface area contributed by atoms with E-state index < -0.39 is 17.5 Å². The largest absolute Gasteiger partial charge is 0.504 e. The first kappa shape index (κ1) is 12.3. The van der Waals surface area contributed by atoms with Gasteiger partial charge in [0.15, 0.2) is 34.5 Å². The Bertz CT molecular complexity index is 695. The summed E-state index contributed by atoms with van der Waals surface area (Å²) in [5, 5.41) is 21.9. The highest BCUT2D eigenvalue weighted by molar-refractivity contribution is 5.87. The van der Waals surface area contributed by atoms with Gasteiger partial charge in [-0.15, -0.1) is 0 Å². The van der Waals surface area contributed by atoms with Gasteiger partial charge in [0.05, 0.1) is 0 Å². The molecule has 0 aliphatic carbocycles. The predicted molar refractivity (Wildman–Crippen MR) is 61.5 cm³/mol. The Kier molecular flexibility index (Phi) is 2.70. The van der Waals surface area contributed by atoms with Gasteiger partial charge in [-0.2, -0.15) is 0 Å². The number of fused-ring (bicyclic) bond motifs is 1. The number of phenolic OH excluding ortho intramolecular Hbond substituents is 1. The third-order valence-corrected chi connectivity index (χ3v) is 2.73. The van der Waals surface area contributed by atoms with E-state index in [1.54, 1.807) is 0 Å². The molecule has 0 spiro atoms. The second-order valence-electron chi connectivity index (χ2n) is 3.99. The lowest BCUT2D eigenvalue weighted by molar-refractivity contribution is 0.0686. The van der Waals surface area contributed by atoms with Crippen LogP contribution in [0.3, 0.4) is 0 Å². The average Bonchev–Trinajstić information content (AvgIpc) is 2.90. The van der Waals surface area contributed by atoms with E-state index in [9.17, 15) is 14.3 Å². The number of carboxylic acid groups (broad SMARTS) is 1. The van der Waals surface area contributed by atoms with Crippen molar-refractivity contribution in [3.63, 3.8) is 0 Å². The van der Waals surface area contributed by atoms with Crippen molar-refractivity contribution in [3.8, 4) is 28.6 Å². The molecule has 8 heteroatoms. The van der Waals surface area contributed by atoms with Crippen LogP contribution in [0.2, 0.25) is 0 Å². The van der Waals surface area contributed by atoms with Gasteiger partial charge in [0, 0.05) is 12.1 Å². The first-order valence-electron chi connectivity index (χ1n) is 5.59. The Hall–Kier alpha value is -2.77. The molecule has 0 bridgehead atoms. The van der Waals surface area contributed by atoms with Gasteiger partial charge in [0.1, 0.15) is 18.8 Å². The number of aromatic hydroxyl groups is 1. The van der Waals surface area contributed by atoms with E-state index in [0.29, 0.717) is 0 Å². The molecule has 1 aliphatic heterocycles. The van der Waals surface area contributed by atoms with Crippen molar-refractivity contribution in [2.24, 2.45) is 0 Å². The zero-order chi connectivity index (χ0) is 14.3. The fraction of sp³-hybridized carbons (Fsp3) is 0.167. The first-order chi connectivity index (χ1) is 9.58. The molecule has 0 unspecified atom stereocenters. The molecule has 1 aliphatic rings. The summed E-state index contributed by atoms with van der Waals surface area (Å²) in [6.45, 7) is 0.457. The summed E-state index contributed by atoms with van der Waals surface area (Å²) in [6.07, 6.45) is 0. The number of carbonyl (C=O) groups is 1. The van der Waals surface area contributed by atoms with E-state index in [0.717, 1.165) is 12.1 Å². The summed E-state index contributed by atoms with van der Waals surface area (Å²) < 4.78 is 29.0. The van der Waals surface area contributed by atoms with Crippen LogP contribution in [-0.2, 0) is 0 Å². The molecule has 0 fully saturated rings. The zero-order valence-electron chi connectivity index (χ0n) is 9.92. The van der Waals surface area contributed by atoms with E-state index in [2.05, 4.69) is 5.16 Å². The van der Waals surface area contributed by atoms with Gasteiger partial charge < -0.3 is 24.2 Å². The third-order valence-electron chi connectivity index (χ3n) is 2.73. The monoisotopic (exact) mass is 281 g/mol. The quantitative estimate of drug-likeness (QED) is 0.862. The smallest absolute Gasteiger partial charge is 0.358 e. The molecule has 1 aromatic carbocycles. The average molecular weight is 281 g/mol. The molecule has 7 nitrogen and oxygen atoms in total. The summed E-state index contributed by atoms with van der Waals surface area (Å²) in [5.74, 6) is -2.89. The Morgan fingerprint density at radius 1 is 1.30 bits per heavy atom. The summed E-state index contributed by atoms with van der Waals surface area (Å²) in [4.78, 5) is 10.8. The molecule has 2 N–H and O–H groups in total. The molecule has 0 saturated heterocycles.